The number of aliphatic hydroxyl groups excluding tert-OH is 1. The highest BCUT2D eigenvalue weighted by atomic mass is 16.5. The zero-order valence-corrected chi connectivity index (χ0v) is 13.0. The standard InChI is InChI=1S/C16H25NO4/c1-4-5-6-9-17-16(19)12(2)21-15-10-13(11-18)7-8-14(15)20-3/h7-8,10,12,18H,4-6,9,11H2,1-3H3,(H,17,19). The fourth-order valence-electron chi connectivity index (χ4n) is 1.89. The molecular weight excluding hydrogens is 270 g/mol. The van der Waals surface area contributed by atoms with Crippen LogP contribution in [-0.4, -0.2) is 30.8 Å². The highest BCUT2D eigenvalue weighted by molar-refractivity contribution is 5.80. The number of methoxy groups -OCH3 is 1. The SMILES string of the molecule is CCCCCNC(=O)C(C)Oc1cc(CO)ccc1OC. The van der Waals surface area contributed by atoms with Gasteiger partial charge in [-0.1, -0.05) is 25.8 Å². The molecule has 1 rings (SSSR count). The van der Waals surface area contributed by atoms with Gasteiger partial charge in [-0.3, -0.25) is 4.79 Å². The Morgan fingerprint density at radius 2 is 2.10 bits per heavy atom. The van der Waals surface area contributed by atoms with Crippen LogP contribution in [0.5, 0.6) is 11.5 Å². The highest BCUT2D eigenvalue weighted by Crippen LogP contribution is 2.29. The van der Waals surface area contributed by atoms with Crippen LogP contribution in [0.4, 0.5) is 0 Å². The predicted molar refractivity (Wildman–Crippen MR) is 81.5 cm³/mol. The second-order valence-corrected chi connectivity index (χ2v) is 4.90. The van der Waals surface area contributed by atoms with E-state index >= 15 is 0 Å². The Labute approximate surface area is 126 Å². The molecule has 0 bridgehead atoms. The first kappa shape index (κ1) is 17.3. The van der Waals surface area contributed by atoms with Gasteiger partial charge in [0.05, 0.1) is 13.7 Å². The van der Waals surface area contributed by atoms with Crippen LogP contribution in [0, 0.1) is 0 Å². The van der Waals surface area contributed by atoms with Gasteiger partial charge in [0.15, 0.2) is 17.6 Å². The van der Waals surface area contributed by atoms with Crippen molar-refractivity contribution in [1.82, 2.24) is 5.32 Å². The zero-order valence-electron chi connectivity index (χ0n) is 13.0. The molecule has 1 amide bonds. The summed E-state index contributed by atoms with van der Waals surface area (Å²) in [5, 5.41) is 12.0. The lowest BCUT2D eigenvalue weighted by Gasteiger charge is -2.17. The molecule has 2 N–H and O–H groups in total. The number of carbonyl (C=O) groups excluding carboxylic acids is 1. The van der Waals surface area contributed by atoms with Gasteiger partial charge in [0.1, 0.15) is 0 Å². The van der Waals surface area contributed by atoms with E-state index in [1.54, 1.807) is 25.1 Å². The monoisotopic (exact) mass is 295 g/mol. The van der Waals surface area contributed by atoms with Gasteiger partial charge in [-0.15, -0.1) is 0 Å². The maximum atomic E-state index is 11.9. The molecule has 0 spiro atoms. The quantitative estimate of drug-likeness (QED) is 0.686. The van der Waals surface area contributed by atoms with Gasteiger partial charge in [0.25, 0.3) is 5.91 Å². The minimum atomic E-state index is -0.616. The van der Waals surface area contributed by atoms with Crippen LogP contribution in [0.15, 0.2) is 18.2 Å². The van der Waals surface area contributed by atoms with Crippen molar-refractivity contribution in [2.75, 3.05) is 13.7 Å². The van der Waals surface area contributed by atoms with E-state index in [1.807, 2.05) is 0 Å². The fraction of sp³-hybridized carbons (Fsp3) is 0.562. The maximum absolute atomic E-state index is 11.9. The van der Waals surface area contributed by atoms with Crippen LogP contribution in [0.3, 0.4) is 0 Å². The lowest BCUT2D eigenvalue weighted by Crippen LogP contribution is -2.36. The van der Waals surface area contributed by atoms with Crippen molar-refractivity contribution in [1.29, 1.82) is 0 Å². The van der Waals surface area contributed by atoms with E-state index in [1.165, 1.54) is 7.11 Å². The summed E-state index contributed by atoms with van der Waals surface area (Å²) in [5.74, 6) is 0.848. The maximum Gasteiger partial charge on any atom is 0.260 e. The number of carbonyl (C=O) groups is 1. The molecule has 5 nitrogen and oxygen atoms in total. The first-order chi connectivity index (χ1) is 10.1. The molecule has 118 valence electrons. The number of rotatable bonds is 9. The first-order valence-corrected chi connectivity index (χ1v) is 7.34. The molecule has 0 saturated heterocycles. The zero-order chi connectivity index (χ0) is 15.7. The third-order valence-electron chi connectivity index (χ3n) is 3.16. The second-order valence-electron chi connectivity index (χ2n) is 4.90. The molecule has 0 heterocycles. The summed E-state index contributed by atoms with van der Waals surface area (Å²) in [5.41, 5.74) is 0.710. The minimum Gasteiger partial charge on any atom is -0.493 e. The Hall–Kier alpha value is -1.75. The molecule has 0 saturated carbocycles. The number of hydrogen-bond donors (Lipinski definition) is 2. The molecule has 1 aromatic rings. The minimum absolute atomic E-state index is 0.0854. The number of hydrogen-bond acceptors (Lipinski definition) is 4. The number of benzene rings is 1. The average molecular weight is 295 g/mol. The second kappa shape index (κ2) is 9.23. The van der Waals surface area contributed by atoms with Crippen LogP contribution >= 0.6 is 0 Å². The van der Waals surface area contributed by atoms with E-state index in [4.69, 9.17) is 14.6 Å². The molecule has 1 unspecified atom stereocenters. The van der Waals surface area contributed by atoms with E-state index in [9.17, 15) is 4.79 Å². The molecule has 0 radical (unpaired) electrons. The summed E-state index contributed by atoms with van der Waals surface area (Å²) in [6.07, 6.45) is 2.57. The molecular formula is C16H25NO4. The molecule has 5 heteroatoms. The summed E-state index contributed by atoms with van der Waals surface area (Å²) < 4.78 is 10.8. The molecule has 0 fully saturated rings. The molecule has 1 aromatic carbocycles. The third kappa shape index (κ3) is 5.63. The van der Waals surface area contributed by atoms with E-state index in [2.05, 4.69) is 12.2 Å². The van der Waals surface area contributed by atoms with E-state index in [0.29, 0.717) is 23.6 Å². The Morgan fingerprint density at radius 1 is 1.33 bits per heavy atom. The van der Waals surface area contributed by atoms with E-state index in [-0.39, 0.29) is 12.5 Å². The fourth-order valence-corrected chi connectivity index (χ4v) is 1.89. The summed E-state index contributed by atoms with van der Waals surface area (Å²) in [6, 6.07) is 5.15. The molecule has 0 aliphatic carbocycles. The topological polar surface area (TPSA) is 67.8 Å². The number of aliphatic hydroxyl groups is 1. The van der Waals surface area contributed by atoms with Gasteiger partial charge in [0, 0.05) is 6.54 Å². The highest BCUT2D eigenvalue weighted by Gasteiger charge is 2.16. The summed E-state index contributed by atoms with van der Waals surface area (Å²) >= 11 is 0. The van der Waals surface area contributed by atoms with Crippen LogP contribution in [0.25, 0.3) is 0 Å². The average Bonchev–Trinajstić information content (AvgIpc) is 2.51. The Balaban J connectivity index is 2.60. The Kier molecular flexibility index (Phi) is 7.61. The van der Waals surface area contributed by atoms with Crippen molar-refractivity contribution in [2.45, 2.75) is 45.8 Å². The number of ether oxygens (including phenoxy) is 2. The summed E-state index contributed by atoms with van der Waals surface area (Å²) in [6.45, 7) is 4.39. The summed E-state index contributed by atoms with van der Waals surface area (Å²) in [7, 11) is 1.54. The largest absolute Gasteiger partial charge is 0.493 e. The van der Waals surface area contributed by atoms with Crippen molar-refractivity contribution in [3.63, 3.8) is 0 Å². The van der Waals surface area contributed by atoms with Gasteiger partial charge in [-0.25, -0.2) is 0 Å². The molecule has 0 aromatic heterocycles. The smallest absolute Gasteiger partial charge is 0.260 e. The first-order valence-electron chi connectivity index (χ1n) is 7.34. The molecule has 0 aliphatic rings. The van der Waals surface area contributed by atoms with E-state index < -0.39 is 6.10 Å². The summed E-state index contributed by atoms with van der Waals surface area (Å²) in [4.78, 5) is 11.9. The molecule has 1 atom stereocenters. The number of unbranched alkanes of at least 4 members (excludes halogenated alkanes) is 2. The van der Waals surface area contributed by atoms with Gasteiger partial charge in [-0.2, -0.15) is 0 Å². The van der Waals surface area contributed by atoms with Gasteiger partial charge < -0.3 is 19.9 Å². The third-order valence-corrected chi connectivity index (χ3v) is 3.16. The van der Waals surface area contributed by atoms with Crippen molar-refractivity contribution in [3.8, 4) is 11.5 Å². The lowest BCUT2D eigenvalue weighted by molar-refractivity contribution is -0.127. The van der Waals surface area contributed by atoms with Gasteiger partial charge in [0.2, 0.25) is 0 Å². The molecule has 0 aliphatic heterocycles. The Bertz CT molecular complexity index is 448. The lowest BCUT2D eigenvalue weighted by atomic mass is 10.2. The molecule has 21 heavy (non-hydrogen) atoms. The van der Waals surface area contributed by atoms with E-state index in [0.717, 1.165) is 19.3 Å². The van der Waals surface area contributed by atoms with Crippen LogP contribution < -0.4 is 14.8 Å². The number of amides is 1. The van der Waals surface area contributed by atoms with Crippen molar-refractivity contribution >= 4 is 5.91 Å². The van der Waals surface area contributed by atoms with Crippen LogP contribution in [-0.2, 0) is 11.4 Å². The van der Waals surface area contributed by atoms with Crippen molar-refractivity contribution in [3.05, 3.63) is 23.8 Å². The van der Waals surface area contributed by atoms with Crippen LogP contribution in [0.1, 0.15) is 38.7 Å². The number of nitrogens with one attached hydrogen (secondary N) is 1. The normalized spacial score (nSPS) is 11.8. The Morgan fingerprint density at radius 3 is 2.71 bits per heavy atom. The predicted octanol–water partition coefficient (Wildman–Crippen LogP) is 2.26. The van der Waals surface area contributed by atoms with Gasteiger partial charge in [-0.05, 0) is 31.0 Å². The van der Waals surface area contributed by atoms with Crippen LogP contribution in [0.2, 0.25) is 0 Å². The van der Waals surface area contributed by atoms with Crippen molar-refractivity contribution < 1.29 is 19.4 Å². The van der Waals surface area contributed by atoms with Crippen molar-refractivity contribution in [2.24, 2.45) is 0 Å². The van der Waals surface area contributed by atoms with Gasteiger partial charge >= 0.3 is 0 Å².